The molecule has 0 amide bonds. The SMILES string of the molecule is COc1ccc(C(N)c2cccc(OC(C)C)c2)cc1Br. The molecule has 0 heterocycles. The Balaban J connectivity index is 2.27. The number of halogens is 1. The molecule has 2 aromatic rings. The smallest absolute Gasteiger partial charge is 0.133 e. The minimum atomic E-state index is -0.206. The molecule has 0 saturated carbocycles. The number of benzene rings is 2. The van der Waals surface area contributed by atoms with E-state index in [9.17, 15) is 0 Å². The van der Waals surface area contributed by atoms with Crippen molar-refractivity contribution in [1.82, 2.24) is 0 Å². The number of nitrogens with two attached hydrogens (primary N) is 1. The monoisotopic (exact) mass is 349 g/mol. The summed E-state index contributed by atoms with van der Waals surface area (Å²) in [6.45, 7) is 4.01. The summed E-state index contributed by atoms with van der Waals surface area (Å²) in [7, 11) is 1.65. The lowest BCUT2D eigenvalue weighted by atomic mass is 9.99. The van der Waals surface area contributed by atoms with Gasteiger partial charge in [0.05, 0.1) is 23.7 Å². The summed E-state index contributed by atoms with van der Waals surface area (Å²) < 4.78 is 11.9. The predicted molar refractivity (Wildman–Crippen MR) is 88.9 cm³/mol. The molecule has 3 nitrogen and oxygen atoms in total. The van der Waals surface area contributed by atoms with Crippen molar-refractivity contribution >= 4 is 15.9 Å². The van der Waals surface area contributed by atoms with Gasteiger partial charge in [-0.25, -0.2) is 0 Å². The Hall–Kier alpha value is -1.52. The summed E-state index contributed by atoms with van der Waals surface area (Å²) in [6.07, 6.45) is 0.145. The number of methoxy groups -OCH3 is 1. The molecular formula is C17H20BrNO2. The van der Waals surface area contributed by atoms with E-state index in [1.807, 2.05) is 56.3 Å². The third-order valence-corrected chi connectivity index (χ3v) is 3.74. The first-order chi connectivity index (χ1) is 10.0. The molecule has 0 spiro atoms. The average molecular weight is 350 g/mol. The van der Waals surface area contributed by atoms with Crippen LogP contribution in [0.15, 0.2) is 46.9 Å². The fraction of sp³-hybridized carbons (Fsp3) is 0.294. The second kappa shape index (κ2) is 6.96. The third kappa shape index (κ3) is 3.99. The van der Waals surface area contributed by atoms with Crippen LogP contribution in [-0.2, 0) is 0 Å². The molecule has 0 aliphatic carbocycles. The van der Waals surface area contributed by atoms with Crippen LogP contribution in [0.5, 0.6) is 11.5 Å². The Morgan fingerprint density at radius 2 is 1.76 bits per heavy atom. The molecule has 0 saturated heterocycles. The van der Waals surface area contributed by atoms with E-state index in [1.165, 1.54) is 0 Å². The Labute approximate surface area is 134 Å². The van der Waals surface area contributed by atoms with E-state index in [2.05, 4.69) is 15.9 Å². The maximum atomic E-state index is 6.36. The zero-order chi connectivity index (χ0) is 15.4. The molecule has 1 unspecified atom stereocenters. The average Bonchev–Trinajstić information content (AvgIpc) is 2.46. The van der Waals surface area contributed by atoms with Gasteiger partial charge in [0, 0.05) is 0 Å². The van der Waals surface area contributed by atoms with Gasteiger partial charge in [-0.2, -0.15) is 0 Å². The first kappa shape index (κ1) is 15.9. The Kier molecular flexibility index (Phi) is 5.26. The predicted octanol–water partition coefficient (Wildman–Crippen LogP) is 4.29. The van der Waals surface area contributed by atoms with Crippen molar-refractivity contribution in [2.45, 2.75) is 26.0 Å². The first-order valence-corrected chi connectivity index (χ1v) is 7.66. The van der Waals surface area contributed by atoms with Crippen molar-refractivity contribution in [3.8, 4) is 11.5 Å². The standard InChI is InChI=1S/C17H20BrNO2/c1-11(2)21-14-6-4-5-12(9-14)17(19)13-7-8-16(20-3)15(18)10-13/h4-11,17H,19H2,1-3H3. The van der Waals surface area contributed by atoms with E-state index in [0.29, 0.717) is 0 Å². The highest BCUT2D eigenvalue weighted by molar-refractivity contribution is 9.10. The quantitative estimate of drug-likeness (QED) is 0.875. The Bertz CT molecular complexity index is 613. The first-order valence-electron chi connectivity index (χ1n) is 6.87. The van der Waals surface area contributed by atoms with Gasteiger partial charge in [-0.1, -0.05) is 18.2 Å². The number of hydrogen-bond donors (Lipinski definition) is 1. The van der Waals surface area contributed by atoms with Gasteiger partial charge in [0.15, 0.2) is 0 Å². The Morgan fingerprint density at radius 3 is 2.38 bits per heavy atom. The summed E-state index contributed by atoms with van der Waals surface area (Å²) in [5.41, 5.74) is 8.40. The van der Waals surface area contributed by atoms with Crippen molar-refractivity contribution in [1.29, 1.82) is 0 Å². The van der Waals surface area contributed by atoms with E-state index in [-0.39, 0.29) is 12.1 Å². The molecule has 21 heavy (non-hydrogen) atoms. The van der Waals surface area contributed by atoms with Gasteiger partial charge >= 0.3 is 0 Å². The second-order valence-electron chi connectivity index (χ2n) is 5.11. The molecule has 2 N–H and O–H groups in total. The maximum Gasteiger partial charge on any atom is 0.133 e. The summed E-state index contributed by atoms with van der Waals surface area (Å²) >= 11 is 3.49. The molecule has 2 aromatic carbocycles. The van der Waals surface area contributed by atoms with Crippen LogP contribution < -0.4 is 15.2 Å². The van der Waals surface area contributed by atoms with Crippen LogP contribution in [0.1, 0.15) is 31.0 Å². The molecule has 112 valence electrons. The molecule has 0 radical (unpaired) electrons. The third-order valence-electron chi connectivity index (χ3n) is 3.12. The van der Waals surface area contributed by atoms with Crippen molar-refractivity contribution in [2.75, 3.05) is 7.11 Å². The van der Waals surface area contributed by atoms with Crippen LogP contribution in [0, 0.1) is 0 Å². The second-order valence-corrected chi connectivity index (χ2v) is 5.97. The van der Waals surface area contributed by atoms with E-state index < -0.39 is 0 Å². The summed E-state index contributed by atoms with van der Waals surface area (Å²) in [6, 6.07) is 13.6. The molecule has 0 aromatic heterocycles. The fourth-order valence-corrected chi connectivity index (χ4v) is 2.68. The summed E-state index contributed by atoms with van der Waals surface area (Å²) in [5.74, 6) is 1.63. The maximum absolute atomic E-state index is 6.36. The van der Waals surface area contributed by atoms with E-state index >= 15 is 0 Å². The van der Waals surface area contributed by atoms with Crippen LogP contribution in [0.4, 0.5) is 0 Å². The van der Waals surface area contributed by atoms with Crippen molar-refractivity contribution in [3.05, 3.63) is 58.1 Å². The van der Waals surface area contributed by atoms with Crippen molar-refractivity contribution in [3.63, 3.8) is 0 Å². The molecule has 1 atom stereocenters. The lowest BCUT2D eigenvalue weighted by molar-refractivity contribution is 0.242. The van der Waals surface area contributed by atoms with Gasteiger partial charge in [0.2, 0.25) is 0 Å². The van der Waals surface area contributed by atoms with Gasteiger partial charge in [-0.05, 0) is 65.2 Å². The minimum Gasteiger partial charge on any atom is -0.496 e. The van der Waals surface area contributed by atoms with Gasteiger partial charge in [0.25, 0.3) is 0 Å². The van der Waals surface area contributed by atoms with Gasteiger partial charge in [-0.3, -0.25) is 0 Å². The minimum absolute atomic E-state index is 0.145. The molecular weight excluding hydrogens is 330 g/mol. The summed E-state index contributed by atoms with van der Waals surface area (Å²) in [5, 5.41) is 0. The van der Waals surface area contributed by atoms with Crippen LogP contribution >= 0.6 is 15.9 Å². The topological polar surface area (TPSA) is 44.5 Å². The number of hydrogen-bond acceptors (Lipinski definition) is 3. The van der Waals surface area contributed by atoms with Gasteiger partial charge in [-0.15, -0.1) is 0 Å². The molecule has 0 aliphatic rings. The normalized spacial score (nSPS) is 12.3. The lowest BCUT2D eigenvalue weighted by Crippen LogP contribution is -2.12. The van der Waals surface area contributed by atoms with Crippen LogP contribution in [-0.4, -0.2) is 13.2 Å². The Morgan fingerprint density at radius 1 is 1.05 bits per heavy atom. The van der Waals surface area contributed by atoms with Crippen LogP contribution in [0.2, 0.25) is 0 Å². The highest BCUT2D eigenvalue weighted by atomic mass is 79.9. The highest BCUT2D eigenvalue weighted by Gasteiger charge is 2.12. The summed E-state index contributed by atoms with van der Waals surface area (Å²) in [4.78, 5) is 0. The van der Waals surface area contributed by atoms with Crippen LogP contribution in [0.25, 0.3) is 0 Å². The lowest BCUT2D eigenvalue weighted by Gasteiger charge is -2.16. The fourth-order valence-electron chi connectivity index (χ4n) is 2.12. The highest BCUT2D eigenvalue weighted by Crippen LogP contribution is 2.30. The molecule has 0 bridgehead atoms. The molecule has 0 fully saturated rings. The molecule has 2 rings (SSSR count). The number of ether oxygens (including phenoxy) is 2. The van der Waals surface area contributed by atoms with Crippen LogP contribution in [0.3, 0.4) is 0 Å². The van der Waals surface area contributed by atoms with E-state index in [1.54, 1.807) is 7.11 Å². The number of rotatable bonds is 5. The zero-order valence-corrected chi connectivity index (χ0v) is 14.1. The van der Waals surface area contributed by atoms with E-state index in [4.69, 9.17) is 15.2 Å². The van der Waals surface area contributed by atoms with Crippen molar-refractivity contribution < 1.29 is 9.47 Å². The molecule has 4 heteroatoms. The van der Waals surface area contributed by atoms with E-state index in [0.717, 1.165) is 27.1 Å². The van der Waals surface area contributed by atoms with Crippen molar-refractivity contribution in [2.24, 2.45) is 5.73 Å². The zero-order valence-electron chi connectivity index (χ0n) is 12.5. The van der Waals surface area contributed by atoms with Gasteiger partial charge < -0.3 is 15.2 Å². The molecule has 0 aliphatic heterocycles. The largest absolute Gasteiger partial charge is 0.496 e. The van der Waals surface area contributed by atoms with Gasteiger partial charge in [0.1, 0.15) is 11.5 Å².